The van der Waals surface area contributed by atoms with Gasteiger partial charge in [0.15, 0.2) is 0 Å². The zero-order valence-electron chi connectivity index (χ0n) is 17.9. The largest absolute Gasteiger partial charge is 0.508 e. The maximum Gasteiger partial charge on any atom is 0.326 e. The van der Waals surface area contributed by atoms with Gasteiger partial charge in [0.25, 0.3) is 0 Å². The predicted octanol–water partition coefficient (Wildman–Crippen LogP) is 5.41. The molecule has 0 spiro atoms. The first kappa shape index (κ1) is 20.5. The predicted molar refractivity (Wildman–Crippen MR) is 118 cm³/mol. The Bertz CT molecular complexity index is 1020. The van der Waals surface area contributed by atoms with Gasteiger partial charge >= 0.3 is 5.97 Å². The van der Waals surface area contributed by atoms with E-state index in [-0.39, 0.29) is 24.4 Å². The van der Waals surface area contributed by atoms with Gasteiger partial charge in [0.1, 0.15) is 24.2 Å². The summed E-state index contributed by atoms with van der Waals surface area (Å²) in [5, 5.41) is 9.63. The minimum absolute atomic E-state index is 0.0202. The normalized spacial score (nSPS) is 21.8. The van der Waals surface area contributed by atoms with E-state index in [1.807, 2.05) is 41.0 Å². The fourth-order valence-corrected chi connectivity index (χ4v) is 4.65. The summed E-state index contributed by atoms with van der Waals surface area (Å²) in [6.45, 7) is 6.79. The third-order valence-corrected chi connectivity index (χ3v) is 6.31. The second-order valence-corrected chi connectivity index (χ2v) is 8.91. The molecule has 1 aliphatic carbocycles. The highest BCUT2D eigenvalue weighted by atomic mass is 16.5. The van der Waals surface area contributed by atoms with Crippen LogP contribution in [0.15, 0.2) is 48.5 Å². The van der Waals surface area contributed by atoms with Crippen molar-refractivity contribution in [3.05, 3.63) is 48.5 Å². The van der Waals surface area contributed by atoms with Crippen LogP contribution in [0.25, 0.3) is 22.4 Å². The molecular formula is C25H30N2O3. The smallest absolute Gasteiger partial charge is 0.326 e. The molecule has 5 nitrogen and oxygen atoms in total. The van der Waals surface area contributed by atoms with E-state index < -0.39 is 0 Å². The molecule has 4 rings (SSSR count). The van der Waals surface area contributed by atoms with Crippen molar-refractivity contribution in [3.8, 4) is 17.1 Å². The van der Waals surface area contributed by atoms with Gasteiger partial charge in [-0.3, -0.25) is 4.79 Å². The van der Waals surface area contributed by atoms with E-state index in [0.29, 0.717) is 23.6 Å². The van der Waals surface area contributed by atoms with Crippen LogP contribution in [-0.4, -0.2) is 26.7 Å². The van der Waals surface area contributed by atoms with Crippen LogP contribution in [0.3, 0.4) is 0 Å². The Morgan fingerprint density at radius 1 is 1.17 bits per heavy atom. The summed E-state index contributed by atoms with van der Waals surface area (Å²) in [6, 6.07) is 14.7. The van der Waals surface area contributed by atoms with Gasteiger partial charge in [-0.15, -0.1) is 0 Å². The molecule has 0 radical (unpaired) electrons. The lowest BCUT2D eigenvalue weighted by Crippen LogP contribution is -2.36. The molecule has 1 heterocycles. The number of hydrogen-bond donors (Lipinski definition) is 1. The van der Waals surface area contributed by atoms with Crippen LogP contribution in [0.1, 0.15) is 40.0 Å². The summed E-state index contributed by atoms with van der Waals surface area (Å²) in [4.78, 5) is 17.8. The van der Waals surface area contributed by atoms with Crippen LogP contribution in [0.5, 0.6) is 5.75 Å². The van der Waals surface area contributed by atoms with E-state index in [1.165, 1.54) is 6.42 Å². The molecular weight excluding hydrogens is 376 g/mol. The third kappa shape index (κ3) is 4.20. The number of phenols is 1. The fourth-order valence-electron chi connectivity index (χ4n) is 4.65. The quantitative estimate of drug-likeness (QED) is 0.575. The lowest BCUT2D eigenvalue weighted by molar-refractivity contribution is -0.156. The number of ether oxygens (including phenoxy) is 1. The number of imidazole rings is 1. The number of aromatic hydroxyl groups is 1. The third-order valence-electron chi connectivity index (χ3n) is 6.31. The molecule has 1 saturated carbocycles. The molecule has 1 N–H and O–H groups in total. The van der Waals surface area contributed by atoms with E-state index in [2.05, 4.69) is 20.8 Å². The van der Waals surface area contributed by atoms with Gasteiger partial charge in [-0.25, -0.2) is 4.98 Å². The van der Waals surface area contributed by atoms with Crippen molar-refractivity contribution in [2.24, 2.45) is 17.8 Å². The molecule has 0 aliphatic heterocycles. The van der Waals surface area contributed by atoms with Gasteiger partial charge < -0.3 is 14.4 Å². The molecule has 5 heteroatoms. The SMILES string of the molecule is CC(C)C1CC[C@@H](C)C[C@H]1OC(=O)Cn1c(-c2ccc(O)cc2)nc2ccccc21. The van der Waals surface area contributed by atoms with Crippen LogP contribution in [0.2, 0.25) is 0 Å². The van der Waals surface area contributed by atoms with Gasteiger partial charge in [0.05, 0.1) is 11.0 Å². The molecule has 3 atom stereocenters. The van der Waals surface area contributed by atoms with E-state index in [0.717, 1.165) is 29.4 Å². The molecule has 158 valence electrons. The minimum Gasteiger partial charge on any atom is -0.508 e. The van der Waals surface area contributed by atoms with Crippen molar-refractivity contribution in [1.82, 2.24) is 9.55 Å². The summed E-state index contributed by atoms with van der Waals surface area (Å²) in [7, 11) is 0. The summed E-state index contributed by atoms with van der Waals surface area (Å²) >= 11 is 0. The monoisotopic (exact) mass is 406 g/mol. The number of fused-ring (bicyclic) bond motifs is 1. The van der Waals surface area contributed by atoms with Crippen molar-refractivity contribution >= 4 is 17.0 Å². The van der Waals surface area contributed by atoms with Crippen molar-refractivity contribution < 1.29 is 14.6 Å². The highest BCUT2D eigenvalue weighted by molar-refractivity contribution is 5.83. The van der Waals surface area contributed by atoms with Gasteiger partial charge in [-0.1, -0.05) is 39.3 Å². The number of esters is 1. The molecule has 1 aromatic heterocycles. The lowest BCUT2D eigenvalue weighted by atomic mass is 9.75. The summed E-state index contributed by atoms with van der Waals surface area (Å²) in [6.07, 6.45) is 3.23. The number of hydrogen-bond acceptors (Lipinski definition) is 4. The van der Waals surface area contributed by atoms with E-state index in [4.69, 9.17) is 9.72 Å². The maximum atomic E-state index is 13.0. The number of carbonyl (C=O) groups excluding carboxylic acids is 1. The summed E-state index contributed by atoms with van der Waals surface area (Å²) in [5.41, 5.74) is 2.58. The number of para-hydroxylation sites is 2. The average Bonchev–Trinajstić information content (AvgIpc) is 3.07. The lowest BCUT2D eigenvalue weighted by Gasteiger charge is -2.36. The summed E-state index contributed by atoms with van der Waals surface area (Å²) in [5.74, 6) is 2.18. The Balaban J connectivity index is 1.62. The second kappa shape index (κ2) is 8.50. The zero-order valence-corrected chi connectivity index (χ0v) is 17.9. The molecule has 1 aliphatic rings. The Hall–Kier alpha value is -2.82. The van der Waals surface area contributed by atoms with Gasteiger partial charge in [0.2, 0.25) is 0 Å². The van der Waals surface area contributed by atoms with E-state index in [1.54, 1.807) is 12.1 Å². The second-order valence-electron chi connectivity index (χ2n) is 8.91. The van der Waals surface area contributed by atoms with Crippen LogP contribution in [0.4, 0.5) is 0 Å². The minimum atomic E-state index is -0.220. The Morgan fingerprint density at radius 2 is 1.90 bits per heavy atom. The van der Waals surface area contributed by atoms with E-state index in [9.17, 15) is 9.90 Å². The first-order valence-electron chi connectivity index (χ1n) is 10.9. The molecule has 0 saturated heterocycles. The van der Waals surface area contributed by atoms with Crippen LogP contribution >= 0.6 is 0 Å². The average molecular weight is 407 g/mol. The Morgan fingerprint density at radius 3 is 2.63 bits per heavy atom. The van der Waals surface area contributed by atoms with Crippen LogP contribution in [-0.2, 0) is 16.1 Å². The van der Waals surface area contributed by atoms with Crippen molar-refractivity contribution in [2.75, 3.05) is 0 Å². The number of carbonyl (C=O) groups is 1. The number of benzene rings is 2. The maximum absolute atomic E-state index is 13.0. The molecule has 1 unspecified atom stereocenters. The fraction of sp³-hybridized carbons (Fsp3) is 0.440. The zero-order chi connectivity index (χ0) is 21.3. The molecule has 0 amide bonds. The molecule has 3 aromatic rings. The number of nitrogens with zero attached hydrogens (tertiary/aromatic N) is 2. The molecule has 2 aromatic carbocycles. The highest BCUT2D eigenvalue weighted by Crippen LogP contribution is 2.35. The van der Waals surface area contributed by atoms with Gasteiger partial charge in [0, 0.05) is 5.56 Å². The standard InChI is InChI=1S/C25H30N2O3/c1-16(2)20-13-8-17(3)14-23(20)30-24(29)15-27-22-7-5-4-6-21(22)26-25(27)18-9-11-19(28)12-10-18/h4-7,9-12,16-17,20,23,28H,8,13-15H2,1-3H3/t17-,20?,23-/m1/s1. The highest BCUT2D eigenvalue weighted by Gasteiger charge is 2.33. The number of phenolic OH excluding ortho intramolecular Hbond substituents is 1. The Labute approximate surface area is 177 Å². The molecule has 1 fully saturated rings. The van der Waals surface area contributed by atoms with Crippen molar-refractivity contribution in [3.63, 3.8) is 0 Å². The number of aromatic nitrogens is 2. The van der Waals surface area contributed by atoms with Crippen molar-refractivity contribution in [2.45, 2.75) is 52.7 Å². The Kier molecular flexibility index (Phi) is 5.80. The van der Waals surface area contributed by atoms with Gasteiger partial charge in [-0.2, -0.15) is 0 Å². The number of rotatable bonds is 5. The van der Waals surface area contributed by atoms with Gasteiger partial charge in [-0.05, 0) is 67.0 Å². The first-order chi connectivity index (χ1) is 14.4. The van der Waals surface area contributed by atoms with E-state index >= 15 is 0 Å². The first-order valence-corrected chi connectivity index (χ1v) is 10.9. The summed E-state index contributed by atoms with van der Waals surface area (Å²) < 4.78 is 7.96. The molecule has 0 bridgehead atoms. The van der Waals surface area contributed by atoms with Crippen LogP contribution < -0.4 is 0 Å². The van der Waals surface area contributed by atoms with Crippen molar-refractivity contribution in [1.29, 1.82) is 0 Å². The molecule has 30 heavy (non-hydrogen) atoms. The topological polar surface area (TPSA) is 64.3 Å². The van der Waals surface area contributed by atoms with Crippen LogP contribution in [0, 0.1) is 17.8 Å².